The van der Waals surface area contributed by atoms with Crippen LogP contribution < -0.4 is 5.32 Å². The molecule has 0 saturated carbocycles. The molecule has 0 spiro atoms. The molecule has 1 saturated heterocycles. The third kappa shape index (κ3) is 2.51. The van der Waals surface area contributed by atoms with Gasteiger partial charge in [0, 0.05) is 12.7 Å². The summed E-state index contributed by atoms with van der Waals surface area (Å²) in [5, 5.41) is 3.57. The molecule has 3 atom stereocenters. The van der Waals surface area contributed by atoms with Crippen LogP contribution >= 0.6 is 0 Å². The highest BCUT2D eigenvalue weighted by atomic mass is 15.4. The number of rotatable bonds is 2. The number of pyridine rings is 1. The van der Waals surface area contributed by atoms with E-state index in [4.69, 9.17) is 4.99 Å². The maximum absolute atomic E-state index is 4.71. The van der Waals surface area contributed by atoms with Crippen molar-refractivity contribution >= 4 is 5.96 Å². The number of fused-ring (bicyclic) bond motifs is 1. The second-order valence-corrected chi connectivity index (χ2v) is 6.22. The number of nitrogens with zero attached hydrogens (tertiary/aromatic N) is 3. The molecule has 1 aromatic heterocycles. The van der Waals surface area contributed by atoms with Crippen LogP contribution in [-0.4, -0.2) is 35.0 Å². The first-order valence-corrected chi connectivity index (χ1v) is 7.64. The van der Waals surface area contributed by atoms with Gasteiger partial charge in [-0.1, -0.05) is 13.0 Å². The van der Waals surface area contributed by atoms with Gasteiger partial charge in [-0.25, -0.2) is 0 Å². The molecular weight excluding hydrogens is 248 g/mol. The molecule has 0 radical (unpaired) electrons. The summed E-state index contributed by atoms with van der Waals surface area (Å²) in [6.45, 7) is 8.69. The van der Waals surface area contributed by atoms with Gasteiger partial charge in [0.1, 0.15) is 0 Å². The predicted molar refractivity (Wildman–Crippen MR) is 81.7 cm³/mol. The lowest BCUT2D eigenvalue weighted by Crippen LogP contribution is -2.48. The Labute approximate surface area is 121 Å². The molecule has 0 bridgehead atoms. The first-order valence-electron chi connectivity index (χ1n) is 7.64. The second kappa shape index (κ2) is 5.43. The van der Waals surface area contributed by atoms with Gasteiger partial charge in [-0.05, 0) is 44.2 Å². The molecule has 4 heteroatoms. The Morgan fingerprint density at radius 3 is 3.05 bits per heavy atom. The van der Waals surface area contributed by atoms with Crippen LogP contribution in [0.15, 0.2) is 23.3 Å². The standard InChI is InChI=1S/C16H24N4/c1-11-6-7-14-9-18-16(20(14)10-11)19-13(3)15-12(2)5-4-8-17-15/h4-5,8,11,13-14H,6-7,9-10H2,1-3H3,(H,18,19). The van der Waals surface area contributed by atoms with Gasteiger partial charge in [-0.3, -0.25) is 9.98 Å². The third-order valence-corrected chi connectivity index (χ3v) is 4.47. The first-order chi connectivity index (χ1) is 9.65. The van der Waals surface area contributed by atoms with Gasteiger partial charge in [0.25, 0.3) is 0 Å². The summed E-state index contributed by atoms with van der Waals surface area (Å²) in [7, 11) is 0. The molecule has 20 heavy (non-hydrogen) atoms. The zero-order chi connectivity index (χ0) is 14.1. The van der Waals surface area contributed by atoms with Crippen LogP contribution in [0.2, 0.25) is 0 Å². The summed E-state index contributed by atoms with van der Waals surface area (Å²) >= 11 is 0. The lowest BCUT2D eigenvalue weighted by atomic mass is 9.95. The molecule has 0 aromatic carbocycles. The van der Waals surface area contributed by atoms with Crippen molar-refractivity contribution in [1.82, 2.24) is 15.2 Å². The molecule has 1 fully saturated rings. The quantitative estimate of drug-likeness (QED) is 0.899. The number of aryl methyl sites for hydroxylation is 1. The fourth-order valence-electron chi connectivity index (χ4n) is 3.28. The molecule has 3 rings (SSSR count). The van der Waals surface area contributed by atoms with Crippen molar-refractivity contribution in [3.63, 3.8) is 0 Å². The maximum Gasteiger partial charge on any atom is 0.194 e. The van der Waals surface area contributed by atoms with Crippen molar-refractivity contribution in [3.8, 4) is 0 Å². The number of aliphatic imine (C=N–C) groups is 1. The van der Waals surface area contributed by atoms with Crippen molar-refractivity contribution in [2.45, 2.75) is 45.7 Å². The zero-order valence-corrected chi connectivity index (χ0v) is 12.6. The van der Waals surface area contributed by atoms with Crippen molar-refractivity contribution in [2.24, 2.45) is 10.9 Å². The maximum atomic E-state index is 4.71. The third-order valence-electron chi connectivity index (χ3n) is 4.47. The van der Waals surface area contributed by atoms with E-state index in [0.29, 0.717) is 6.04 Å². The van der Waals surface area contributed by atoms with Gasteiger partial charge in [-0.2, -0.15) is 0 Å². The number of guanidine groups is 1. The second-order valence-electron chi connectivity index (χ2n) is 6.22. The molecule has 2 aliphatic heterocycles. The van der Waals surface area contributed by atoms with Crippen molar-refractivity contribution < 1.29 is 0 Å². The van der Waals surface area contributed by atoms with Gasteiger partial charge in [0.05, 0.1) is 24.3 Å². The smallest absolute Gasteiger partial charge is 0.194 e. The van der Waals surface area contributed by atoms with Crippen molar-refractivity contribution in [3.05, 3.63) is 29.6 Å². The van der Waals surface area contributed by atoms with Gasteiger partial charge < -0.3 is 10.2 Å². The summed E-state index contributed by atoms with van der Waals surface area (Å²) in [4.78, 5) is 11.7. The van der Waals surface area contributed by atoms with Crippen LogP contribution in [-0.2, 0) is 0 Å². The van der Waals surface area contributed by atoms with E-state index in [9.17, 15) is 0 Å². The van der Waals surface area contributed by atoms with Crippen LogP contribution in [0.1, 0.15) is 44.0 Å². The number of aromatic nitrogens is 1. The van der Waals surface area contributed by atoms with Crippen LogP contribution in [0, 0.1) is 12.8 Å². The molecule has 3 unspecified atom stereocenters. The highest BCUT2D eigenvalue weighted by molar-refractivity contribution is 5.82. The molecule has 3 heterocycles. The minimum atomic E-state index is 0.200. The molecule has 1 aromatic rings. The van der Waals surface area contributed by atoms with E-state index >= 15 is 0 Å². The Balaban J connectivity index is 1.70. The Kier molecular flexibility index (Phi) is 3.64. The van der Waals surface area contributed by atoms with Gasteiger partial charge >= 0.3 is 0 Å². The van der Waals surface area contributed by atoms with E-state index < -0.39 is 0 Å². The summed E-state index contributed by atoms with van der Waals surface area (Å²) in [6, 6.07) is 4.92. The average molecular weight is 272 g/mol. The number of piperidine rings is 1. The fraction of sp³-hybridized carbons (Fsp3) is 0.625. The van der Waals surface area contributed by atoms with Crippen LogP contribution in [0.3, 0.4) is 0 Å². The highest BCUT2D eigenvalue weighted by Crippen LogP contribution is 2.26. The molecule has 2 aliphatic rings. The molecule has 0 amide bonds. The van der Waals surface area contributed by atoms with Gasteiger partial charge in [0.2, 0.25) is 0 Å². The lowest BCUT2D eigenvalue weighted by Gasteiger charge is -2.36. The zero-order valence-electron chi connectivity index (χ0n) is 12.6. The Morgan fingerprint density at radius 2 is 2.25 bits per heavy atom. The minimum absolute atomic E-state index is 0.200. The van der Waals surface area contributed by atoms with Crippen LogP contribution in [0.25, 0.3) is 0 Å². The van der Waals surface area contributed by atoms with E-state index in [1.54, 1.807) is 0 Å². The van der Waals surface area contributed by atoms with Crippen molar-refractivity contribution in [2.75, 3.05) is 13.1 Å². The van der Waals surface area contributed by atoms with E-state index in [1.165, 1.54) is 18.4 Å². The average Bonchev–Trinajstić information content (AvgIpc) is 2.82. The number of hydrogen-bond acceptors (Lipinski definition) is 4. The Morgan fingerprint density at radius 1 is 1.40 bits per heavy atom. The fourth-order valence-corrected chi connectivity index (χ4v) is 3.28. The van der Waals surface area contributed by atoms with E-state index in [2.05, 4.69) is 42.0 Å². The summed E-state index contributed by atoms with van der Waals surface area (Å²) in [6.07, 6.45) is 4.47. The van der Waals surface area contributed by atoms with E-state index in [-0.39, 0.29) is 6.04 Å². The normalized spacial score (nSPS) is 26.9. The minimum Gasteiger partial charge on any atom is -0.348 e. The molecule has 4 nitrogen and oxygen atoms in total. The molecular formula is C16H24N4. The van der Waals surface area contributed by atoms with E-state index in [0.717, 1.165) is 30.7 Å². The van der Waals surface area contributed by atoms with Gasteiger partial charge in [0.15, 0.2) is 5.96 Å². The highest BCUT2D eigenvalue weighted by Gasteiger charge is 2.33. The molecule has 108 valence electrons. The summed E-state index contributed by atoms with van der Waals surface area (Å²) < 4.78 is 0. The lowest BCUT2D eigenvalue weighted by molar-refractivity contribution is 0.210. The van der Waals surface area contributed by atoms with Crippen LogP contribution in [0.4, 0.5) is 0 Å². The van der Waals surface area contributed by atoms with Crippen molar-refractivity contribution in [1.29, 1.82) is 0 Å². The predicted octanol–water partition coefficient (Wildman–Crippen LogP) is 2.51. The Bertz CT molecular complexity index is 511. The number of hydrogen-bond donors (Lipinski definition) is 1. The topological polar surface area (TPSA) is 40.5 Å². The largest absolute Gasteiger partial charge is 0.348 e. The Hall–Kier alpha value is -1.58. The van der Waals surface area contributed by atoms with Gasteiger partial charge in [-0.15, -0.1) is 0 Å². The van der Waals surface area contributed by atoms with E-state index in [1.807, 2.05) is 12.3 Å². The van der Waals surface area contributed by atoms with Crippen LogP contribution in [0.5, 0.6) is 0 Å². The summed E-state index contributed by atoms with van der Waals surface area (Å²) in [5.74, 6) is 1.84. The summed E-state index contributed by atoms with van der Waals surface area (Å²) in [5.41, 5.74) is 2.35. The molecule has 1 N–H and O–H groups in total. The first kappa shape index (κ1) is 13.4. The number of nitrogens with one attached hydrogen (secondary N) is 1. The molecule has 0 aliphatic carbocycles. The SMILES string of the molecule is Cc1cccnc1C(C)NC1=NCC2CCC(C)CN12. The monoisotopic (exact) mass is 272 g/mol.